The lowest BCUT2D eigenvalue weighted by Crippen LogP contribution is -2.47. The summed E-state index contributed by atoms with van der Waals surface area (Å²) in [5, 5.41) is 3.75. The van der Waals surface area contributed by atoms with Crippen molar-refractivity contribution < 1.29 is 18.0 Å². The van der Waals surface area contributed by atoms with E-state index < -0.39 is 11.9 Å². The molecule has 1 atom stereocenters. The lowest BCUT2D eigenvalue weighted by Gasteiger charge is -2.35. The number of piperidine rings is 1. The first kappa shape index (κ1) is 17.5. The molecule has 1 aromatic heterocycles. The third-order valence-corrected chi connectivity index (χ3v) is 4.43. The summed E-state index contributed by atoms with van der Waals surface area (Å²) in [5.41, 5.74) is 5.40. The Hall–Kier alpha value is -2.35. The summed E-state index contributed by atoms with van der Waals surface area (Å²) in [4.78, 5) is 14.5. The van der Waals surface area contributed by atoms with E-state index in [0.29, 0.717) is 18.7 Å². The van der Waals surface area contributed by atoms with Crippen LogP contribution in [0.4, 0.5) is 13.2 Å². The van der Waals surface area contributed by atoms with E-state index >= 15 is 0 Å². The van der Waals surface area contributed by atoms with Gasteiger partial charge in [-0.15, -0.1) is 0 Å². The lowest BCUT2D eigenvalue weighted by atomic mass is 10.0. The molecule has 0 spiro atoms. The summed E-state index contributed by atoms with van der Waals surface area (Å²) in [7, 11) is 0. The fourth-order valence-corrected chi connectivity index (χ4v) is 3.17. The molecule has 134 valence electrons. The molecule has 3 rings (SSSR count). The van der Waals surface area contributed by atoms with Crippen LogP contribution in [0.3, 0.4) is 0 Å². The number of amides is 1. The highest BCUT2D eigenvalue weighted by Crippen LogP contribution is 2.30. The topological polar surface area (TPSA) is 64.2 Å². The van der Waals surface area contributed by atoms with Gasteiger partial charge in [0.15, 0.2) is 0 Å². The molecule has 1 aliphatic rings. The van der Waals surface area contributed by atoms with Crippen LogP contribution in [-0.2, 0) is 6.18 Å². The number of nitrogens with zero attached hydrogens (tertiary/aromatic N) is 3. The van der Waals surface area contributed by atoms with Gasteiger partial charge in [-0.2, -0.15) is 18.3 Å². The van der Waals surface area contributed by atoms with Crippen LogP contribution in [0.15, 0.2) is 36.5 Å². The molecule has 0 aliphatic carbocycles. The van der Waals surface area contributed by atoms with Crippen molar-refractivity contribution >= 4 is 5.91 Å². The van der Waals surface area contributed by atoms with E-state index in [4.69, 9.17) is 5.73 Å². The summed E-state index contributed by atoms with van der Waals surface area (Å²) >= 11 is 0. The van der Waals surface area contributed by atoms with Gasteiger partial charge in [-0.25, -0.2) is 4.68 Å². The van der Waals surface area contributed by atoms with Crippen molar-refractivity contribution in [3.05, 3.63) is 47.8 Å². The molecule has 1 unspecified atom stereocenters. The van der Waals surface area contributed by atoms with Gasteiger partial charge >= 0.3 is 6.18 Å². The minimum absolute atomic E-state index is 0.0275. The second-order valence-corrected chi connectivity index (χ2v) is 6.06. The Labute approximate surface area is 143 Å². The van der Waals surface area contributed by atoms with Crippen molar-refractivity contribution in [2.75, 3.05) is 13.1 Å². The number of nitrogens with two attached hydrogens (primary N) is 1. The normalized spacial score (nSPS) is 18.4. The number of carbonyl (C=O) groups excluding carboxylic acids is 1. The molecule has 2 N–H and O–H groups in total. The number of halogens is 3. The van der Waals surface area contributed by atoms with E-state index in [1.807, 2.05) is 0 Å². The van der Waals surface area contributed by atoms with E-state index in [-0.39, 0.29) is 17.6 Å². The number of alkyl halides is 3. The van der Waals surface area contributed by atoms with Crippen molar-refractivity contribution in [1.82, 2.24) is 14.7 Å². The summed E-state index contributed by atoms with van der Waals surface area (Å²) in [6, 6.07) is 6.98. The van der Waals surface area contributed by atoms with Gasteiger partial charge in [-0.1, -0.05) is 6.07 Å². The van der Waals surface area contributed by atoms with Crippen LogP contribution in [0.2, 0.25) is 0 Å². The van der Waals surface area contributed by atoms with Crippen LogP contribution in [0.25, 0.3) is 5.69 Å². The van der Waals surface area contributed by atoms with E-state index in [2.05, 4.69) is 5.10 Å². The Morgan fingerprint density at radius 1 is 1.28 bits per heavy atom. The fourth-order valence-electron chi connectivity index (χ4n) is 3.17. The molecule has 2 heterocycles. The molecule has 1 fully saturated rings. The molecular weight excluding hydrogens is 333 g/mol. The molecular formula is C17H19F3N4O. The highest BCUT2D eigenvalue weighted by molar-refractivity contribution is 5.95. The monoisotopic (exact) mass is 352 g/mol. The van der Waals surface area contributed by atoms with Crippen molar-refractivity contribution in [3.63, 3.8) is 0 Å². The number of carbonyl (C=O) groups is 1. The smallest absolute Gasteiger partial charge is 0.334 e. The van der Waals surface area contributed by atoms with Gasteiger partial charge in [-0.3, -0.25) is 4.79 Å². The van der Waals surface area contributed by atoms with Gasteiger partial charge < -0.3 is 10.6 Å². The molecule has 5 nitrogen and oxygen atoms in total. The third-order valence-electron chi connectivity index (χ3n) is 4.43. The zero-order valence-corrected chi connectivity index (χ0v) is 13.5. The van der Waals surface area contributed by atoms with Gasteiger partial charge in [0.1, 0.15) is 5.69 Å². The summed E-state index contributed by atoms with van der Waals surface area (Å²) in [5.74, 6) is -0.210. The maximum atomic E-state index is 13.1. The molecule has 1 amide bonds. The van der Waals surface area contributed by atoms with Crippen LogP contribution in [0.1, 0.15) is 35.3 Å². The predicted molar refractivity (Wildman–Crippen MR) is 86.3 cm³/mol. The first-order valence-corrected chi connectivity index (χ1v) is 8.14. The number of aromatic nitrogens is 2. The Balaban J connectivity index is 1.92. The average Bonchev–Trinajstić information content (AvgIpc) is 3.11. The second kappa shape index (κ2) is 6.87. The Kier molecular flexibility index (Phi) is 4.80. The summed E-state index contributed by atoms with van der Waals surface area (Å²) < 4.78 is 40.0. The molecule has 0 saturated carbocycles. The molecule has 25 heavy (non-hydrogen) atoms. The summed E-state index contributed by atoms with van der Waals surface area (Å²) in [6.07, 6.45) is -0.660. The standard InChI is InChI=1S/C17H19F3N4O/c18-17(19,20)15-7-8-22-24(15)13-6-3-4-12(10-13)16(25)23-9-2-1-5-14(23)11-21/h3-4,6-8,10,14H,1-2,5,9,11,21H2. The maximum Gasteiger partial charge on any atom is 0.433 e. The van der Waals surface area contributed by atoms with Crippen molar-refractivity contribution in [2.45, 2.75) is 31.5 Å². The minimum Gasteiger partial charge on any atom is -0.334 e. The Morgan fingerprint density at radius 3 is 2.80 bits per heavy atom. The number of hydrogen-bond donors (Lipinski definition) is 1. The first-order chi connectivity index (χ1) is 11.9. The van der Waals surface area contributed by atoms with Crippen LogP contribution >= 0.6 is 0 Å². The van der Waals surface area contributed by atoms with Crippen molar-refractivity contribution in [2.24, 2.45) is 5.73 Å². The van der Waals surface area contributed by atoms with E-state index in [1.165, 1.54) is 12.1 Å². The van der Waals surface area contributed by atoms with Crippen molar-refractivity contribution in [1.29, 1.82) is 0 Å². The van der Waals surface area contributed by atoms with Gasteiger partial charge in [-0.05, 0) is 43.5 Å². The highest BCUT2D eigenvalue weighted by atomic mass is 19.4. The largest absolute Gasteiger partial charge is 0.433 e. The zero-order chi connectivity index (χ0) is 18.0. The first-order valence-electron chi connectivity index (χ1n) is 8.14. The summed E-state index contributed by atoms with van der Waals surface area (Å²) in [6.45, 7) is 0.989. The van der Waals surface area contributed by atoms with Gasteiger partial charge in [0.2, 0.25) is 0 Å². The van der Waals surface area contributed by atoms with Crippen LogP contribution in [-0.4, -0.2) is 39.7 Å². The Morgan fingerprint density at radius 2 is 2.08 bits per heavy atom. The van der Waals surface area contributed by atoms with Crippen molar-refractivity contribution in [3.8, 4) is 5.69 Å². The zero-order valence-electron chi connectivity index (χ0n) is 13.5. The lowest BCUT2D eigenvalue weighted by molar-refractivity contribution is -0.142. The molecule has 0 radical (unpaired) electrons. The van der Waals surface area contributed by atoms with E-state index in [9.17, 15) is 18.0 Å². The van der Waals surface area contributed by atoms with E-state index in [0.717, 1.165) is 36.2 Å². The van der Waals surface area contributed by atoms with Gasteiger partial charge in [0.25, 0.3) is 5.91 Å². The number of likely N-dealkylation sites (tertiary alicyclic amines) is 1. The average molecular weight is 352 g/mol. The minimum atomic E-state index is -4.52. The fraction of sp³-hybridized carbons (Fsp3) is 0.412. The SMILES string of the molecule is NCC1CCCCN1C(=O)c1cccc(-n2nccc2C(F)(F)F)c1. The quantitative estimate of drug-likeness (QED) is 0.924. The number of hydrogen-bond acceptors (Lipinski definition) is 3. The maximum absolute atomic E-state index is 13.1. The van der Waals surface area contributed by atoms with Crippen LogP contribution in [0, 0.1) is 0 Å². The van der Waals surface area contributed by atoms with Gasteiger partial charge in [0, 0.05) is 24.7 Å². The van der Waals surface area contributed by atoms with E-state index in [1.54, 1.807) is 17.0 Å². The molecule has 1 saturated heterocycles. The molecule has 2 aromatic rings. The van der Waals surface area contributed by atoms with Crippen LogP contribution in [0.5, 0.6) is 0 Å². The predicted octanol–water partition coefficient (Wildman–Crippen LogP) is 2.84. The van der Waals surface area contributed by atoms with Gasteiger partial charge in [0.05, 0.1) is 11.9 Å². The highest BCUT2D eigenvalue weighted by Gasteiger charge is 2.35. The molecule has 1 aliphatic heterocycles. The molecule has 0 bridgehead atoms. The Bertz CT molecular complexity index is 756. The number of rotatable bonds is 3. The van der Waals surface area contributed by atoms with Crippen LogP contribution < -0.4 is 5.73 Å². The molecule has 8 heteroatoms. The third kappa shape index (κ3) is 3.53. The molecule has 1 aromatic carbocycles. The number of benzene rings is 1. The second-order valence-electron chi connectivity index (χ2n) is 6.06.